The van der Waals surface area contributed by atoms with Crippen LogP contribution in [0.1, 0.15) is 24.9 Å². The van der Waals surface area contributed by atoms with E-state index in [0.717, 1.165) is 4.88 Å². The first-order valence-corrected chi connectivity index (χ1v) is 7.67. The topological polar surface area (TPSA) is 67.4 Å². The predicted molar refractivity (Wildman–Crippen MR) is 87.7 cm³/mol. The number of rotatable bonds is 6. The van der Waals surface area contributed by atoms with E-state index in [9.17, 15) is 9.59 Å². The highest BCUT2D eigenvalue weighted by atomic mass is 32.1. The van der Waals surface area contributed by atoms with Crippen molar-refractivity contribution >= 4 is 28.8 Å². The standard InChI is InChI=1S/C16H18N2O3S/c1-11-7-8-14(22-11)16(20)18-13-6-4-3-5-12(13)15(19)17-9-10-21-2/h3-8H,9-10H2,1-2H3,(H,17,19)(H,18,20). The van der Waals surface area contributed by atoms with Crippen LogP contribution in [0.3, 0.4) is 0 Å². The van der Waals surface area contributed by atoms with Gasteiger partial charge in [0.2, 0.25) is 0 Å². The van der Waals surface area contributed by atoms with Crippen LogP contribution in [0, 0.1) is 6.92 Å². The lowest BCUT2D eigenvalue weighted by Gasteiger charge is -2.10. The van der Waals surface area contributed by atoms with Crippen LogP contribution in [-0.4, -0.2) is 32.1 Å². The van der Waals surface area contributed by atoms with E-state index < -0.39 is 0 Å². The highest BCUT2D eigenvalue weighted by Gasteiger charge is 2.14. The molecule has 2 rings (SSSR count). The van der Waals surface area contributed by atoms with E-state index in [4.69, 9.17) is 4.74 Å². The second kappa shape index (κ2) is 7.72. The third-order valence-electron chi connectivity index (χ3n) is 2.98. The van der Waals surface area contributed by atoms with Gasteiger partial charge in [-0.2, -0.15) is 0 Å². The maximum Gasteiger partial charge on any atom is 0.265 e. The maximum atomic E-state index is 12.2. The van der Waals surface area contributed by atoms with Crippen molar-refractivity contribution in [3.63, 3.8) is 0 Å². The summed E-state index contributed by atoms with van der Waals surface area (Å²) in [5.74, 6) is -0.453. The average Bonchev–Trinajstić information content (AvgIpc) is 2.94. The van der Waals surface area contributed by atoms with E-state index in [-0.39, 0.29) is 11.8 Å². The Morgan fingerprint density at radius 2 is 1.91 bits per heavy atom. The number of hydrogen-bond donors (Lipinski definition) is 2. The van der Waals surface area contributed by atoms with E-state index in [2.05, 4.69) is 10.6 Å². The minimum atomic E-state index is -0.240. The van der Waals surface area contributed by atoms with Crippen LogP contribution in [0.5, 0.6) is 0 Å². The van der Waals surface area contributed by atoms with Gasteiger partial charge in [-0.05, 0) is 31.2 Å². The molecule has 0 fully saturated rings. The Labute approximate surface area is 133 Å². The van der Waals surface area contributed by atoms with Crippen molar-refractivity contribution < 1.29 is 14.3 Å². The molecule has 0 unspecified atom stereocenters. The largest absolute Gasteiger partial charge is 0.383 e. The quantitative estimate of drug-likeness (QED) is 0.805. The van der Waals surface area contributed by atoms with Crippen LogP contribution < -0.4 is 10.6 Å². The summed E-state index contributed by atoms with van der Waals surface area (Å²) in [7, 11) is 1.57. The number of para-hydroxylation sites is 1. The van der Waals surface area contributed by atoms with Gasteiger partial charge in [-0.15, -0.1) is 11.3 Å². The number of amides is 2. The Hall–Kier alpha value is -2.18. The molecule has 6 heteroatoms. The Balaban J connectivity index is 2.11. The van der Waals surface area contributed by atoms with Gasteiger partial charge in [0.25, 0.3) is 11.8 Å². The van der Waals surface area contributed by atoms with Crippen molar-refractivity contribution in [2.45, 2.75) is 6.92 Å². The number of hydrogen-bond acceptors (Lipinski definition) is 4. The van der Waals surface area contributed by atoms with E-state index in [1.165, 1.54) is 11.3 Å². The first kappa shape index (κ1) is 16.2. The SMILES string of the molecule is COCCNC(=O)c1ccccc1NC(=O)c1ccc(C)s1. The zero-order chi connectivity index (χ0) is 15.9. The third-order valence-corrected chi connectivity index (χ3v) is 3.98. The average molecular weight is 318 g/mol. The molecule has 2 N–H and O–H groups in total. The molecule has 22 heavy (non-hydrogen) atoms. The Morgan fingerprint density at radius 3 is 2.59 bits per heavy atom. The van der Waals surface area contributed by atoms with Crippen LogP contribution in [0.15, 0.2) is 36.4 Å². The predicted octanol–water partition coefficient (Wildman–Crippen LogP) is 2.69. The van der Waals surface area contributed by atoms with Crippen LogP contribution >= 0.6 is 11.3 Å². The van der Waals surface area contributed by atoms with Crippen molar-refractivity contribution in [2.24, 2.45) is 0 Å². The van der Waals surface area contributed by atoms with Gasteiger partial charge in [0.05, 0.1) is 22.7 Å². The third kappa shape index (κ3) is 4.16. The summed E-state index contributed by atoms with van der Waals surface area (Å²) < 4.78 is 4.90. The molecule has 0 aliphatic heterocycles. The number of methoxy groups -OCH3 is 1. The summed E-state index contributed by atoms with van der Waals surface area (Å²) in [6.07, 6.45) is 0. The van der Waals surface area contributed by atoms with Crippen molar-refractivity contribution in [3.8, 4) is 0 Å². The lowest BCUT2D eigenvalue weighted by atomic mass is 10.1. The summed E-state index contributed by atoms with van der Waals surface area (Å²) >= 11 is 1.42. The molecule has 0 aliphatic rings. The van der Waals surface area contributed by atoms with Gasteiger partial charge in [-0.25, -0.2) is 0 Å². The minimum Gasteiger partial charge on any atom is -0.383 e. The summed E-state index contributed by atoms with van der Waals surface area (Å²) in [6, 6.07) is 10.6. The fourth-order valence-corrected chi connectivity index (χ4v) is 2.66. The van der Waals surface area contributed by atoms with Crippen molar-refractivity contribution in [1.82, 2.24) is 5.32 Å². The molecule has 0 spiro atoms. The van der Waals surface area contributed by atoms with Gasteiger partial charge in [-0.3, -0.25) is 9.59 Å². The highest BCUT2D eigenvalue weighted by Crippen LogP contribution is 2.19. The normalized spacial score (nSPS) is 10.3. The molecule has 0 radical (unpaired) electrons. The number of thiophene rings is 1. The van der Waals surface area contributed by atoms with E-state index in [1.807, 2.05) is 13.0 Å². The zero-order valence-corrected chi connectivity index (χ0v) is 13.3. The first-order chi connectivity index (χ1) is 10.6. The monoisotopic (exact) mass is 318 g/mol. The van der Waals surface area contributed by atoms with Gasteiger partial charge in [-0.1, -0.05) is 12.1 Å². The van der Waals surface area contributed by atoms with Crippen LogP contribution in [0.25, 0.3) is 0 Å². The van der Waals surface area contributed by atoms with Crippen molar-refractivity contribution in [2.75, 3.05) is 25.6 Å². The van der Waals surface area contributed by atoms with Gasteiger partial charge >= 0.3 is 0 Å². The van der Waals surface area contributed by atoms with Crippen LogP contribution in [0.4, 0.5) is 5.69 Å². The Bertz CT molecular complexity index is 667. The maximum absolute atomic E-state index is 12.2. The fourth-order valence-electron chi connectivity index (χ4n) is 1.89. The molecule has 0 bridgehead atoms. The lowest BCUT2D eigenvalue weighted by Crippen LogP contribution is -2.28. The lowest BCUT2D eigenvalue weighted by molar-refractivity contribution is 0.0938. The van der Waals surface area contributed by atoms with Gasteiger partial charge < -0.3 is 15.4 Å². The molecule has 0 atom stereocenters. The smallest absolute Gasteiger partial charge is 0.265 e. The number of carbonyl (C=O) groups is 2. The van der Waals surface area contributed by atoms with Crippen molar-refractivity contribution in [3.05, 3.63) is 51.7 Å². The molecule has 0 aliphatic carbocycles. The minimum absolute atomic E-state index is 0.213. The number of nitrogens with one attached hydrogen (secondary N) is 2. The molecule has 2 amide bonds. The molecule has 0 saturated heterocycles. The number of benzene rings is 1. The van der Waals surface area contributed by atoms with E-state index in [0.29, 0.717) is 29.3 Å². The molecule has 0 saturated carbocycles. The summed E-state index contributed by atoms with van der Waals surface area (Å²) in [4.78, 5) is 26.0. The molecule has 116 valence electrons. The number of aryl methyl sites for hydroxylation is 1. The highest BCUT2D eigenvalue weighted by molar-refractivity contribution is 7.14. The molecule has 1 heterocycles. The summed E-state index contributed by atoms with van der Waals surface area (Å²) in [5, 5.41) is 5.54. The van der Waals surface area contributed by atoms with Crippen molar-refractivity contribution in [1.29, 1.82) is 0 Å². The number of ether oxygens (including phenoxy) is 1. The molecule has 5 nitrogen and oxygen atoms in total. The van der Waals surface area contributed by atoms with Gasteiger partial charge in [0.15, 0.2) is 0 Å². The molecule has 1 aromatic heterocycles. The van der Waals surface area contributed by atoms with Crippen LogP contribution in [-0.2, 0) is 4.74 Å². The molecular formula is C16H18N2O3S. The first-order valence-electron chi connectivity index (χ1n) is 6.86. The number of anilines is 1. The van der Waals surface area contributed by atoms with Gasteiger partial charge in [0, 0.05) is 18.5 Å². The van der Waals surface area contributed by atoms with Crippen LogP contribution in [0.2, 0.25) is 0 Å². The molecular weight excluding hydrogens is 300 g/mol. The zero-order valence-electron chi connectivity index (χ0n) is 12.5. The molecule has 2 aromatic rings. The second-order valence-electron chi connectivity index (χ2n) is 4.66. The second-order valence-corrected chi connectivity index (χ2v) is 5.95. The summed E-state index contributed by atoms with van der Waals surface area (Å²) in [6.45, 7) is 2.80. The Kier molecular flexibility index (Phi) is 5.68. The number of carbonyl (C=O) groups excluding carboxylic acids is 2. The molecule has 1 aromatic carbocycles. The Morgan fingerprint density at radius 1 is 1.14 bits per heavy atom. The van der Waals surface area contributed by atoms with Gasteiger partial charge in [0.1, 0.15) is 0 Å². The summed E-state index contributed by atoms with van der Waals surface area (Å²) in [5.41, 5.74) is 0.925. The fraction of sp³-hybridized carbons (Fsp3) is 0.250. The van der Waals surface area contributed by atoms with E-state index in [1.54, 1.807) is 37.4 Å². The van der Waals surface area contributed by atoms with E-state index >= 15 is 0 Å².